The van der Waals surface area contributed by atoms with Gasteiger partial charge < -0.3 is 10.1 Å². The zero-order chi connectivity index (χ0) is 13.2. The predicted octanol–water partition coefficient (Wildman–Crippen LogP) is 3.78. The normalized spacial score (nSPS) is 10.6. The Hall–Kier alpha value is -1.28. The Morgan fingerprint density at radius 3 is 2.61 bits per heavy atom. The van der Waals surface area contributed by atoms with Gasteiger partial charge in [-0.25, -0.2) is 0 Å². The van der Waals surface area contributed by atoms with Crippen LogP contribution in [0.25, 0.3) is 0 Å². The van der Waals surface area contributed by atoms with Gasteiger partial charge in [0.1, 0.15) is 5.75 Å². The molecule has 0 aliphatic heterocycles. The quantitative estimate of drug-likeness (QED) is 0.529. The molecular formula is C16H25NO. The zero-order valence-electron chi connectivity index (χ0n) is 11.6. The molecule has 0 radical (unpaired) electrons. The molecule has 0 unspecified atom stereocenters. The van der Waals surface area contributed by atoms with E-state index in [1.165, 1.54) is 5.56 Å². The van der Waals surface area contributed by atoms with Gasteiger partial charge in [-0.05, 0) is 43.0 Å². The number of ether oxygens (including phenoxy) is 1. The minimum absolute atomic E-state index is 0.693. The van der Waals surface area contributed by atoms with E-state index in [2.05, 4.69) is 37.9 Å². The van der Waals surface area contributed by atoms with Crippen molar-refractivity contribution in [3.8, 4) is 5.75 Å². The van der Waals surface area contributed by atoms with Gasteiger partial charge in [-0.2, -0.15) is 0 Å². The van der Waals surface area contributed by atoms with Crippen molar-refractivity contribution in [3.05, 3.63) is 42.5 Å². The third-order valence-electron chi connectivity index (χ3n) is 2.74. The van der Waals surface area contributed by atoms with E-state index >= 15 is 0 Å². The van der Waals surface area contributed by atoms with Gasteiger partial charge in [-0.15, -0.1) is 6.58 Å². The van der Waals surface area contributed by atoms with Crippen LogP contribution < -0.4 is 10.1 Å². The number of hydrogen-bond donors (Lipinski definition) is 1. The lowest BCUT2D eigenvalue weighted by Gasteiger charge is -2.09. The molecule has 0 aliphatic rings. The maximum atomic E-state index is 5.68. The first-order valence-corrected chi connectivity index (χ1v) is 6.75. The Labute approximate surface area is 111 Å². The molecule has 0 atom stereocenters. The highest BCUT2D eigenvalue weighted by molar-refractivity contribution is 5.27. The van der Waals surface area contributed by atoms with Crippen molar-refractivity contribution in [2.75, 3.05) is 13.2 Å². The lowest BCUT2D eigenvalue weighted by Crippen LogP contribution is -2.13. The first-order valence-electron chi connectivity index (χ1n) is 6.75. The van der Waals surface area contributed by atoms with Crippen LogP contribution in [0.4, 0.5) is 0 Å². The van der Waals surface area contributed by atoms with Crippen molar-refractivity contribution in [1.82, 2.24) is 5.32 Å². The Bertz CT molecular complexity index is 329. The molecule has 0 fully saturated rings. The highest BCUT2D eigenvalue weighted by Gasteiger charge is 1.97. The standard InChI is InChI=1S/C16H25NO/c1-4-5-11-17-13-15-6-8-16(9-7-15)18-12-10-14(2)3/h4,6-9,14,17H,1,5,10-13H2,2-3H3. The molecule has 2 heteroatoms. The molecule has 18 heavy (non-hydrogen) atoms. The van der Waals surface area contributed by atoms with Gasteiger partial charge in [0.2, 0.25) is 0 Å². The second-order valence-corrected chi connectivity index (χ2v) is 4.93. The smallest absolute Gasteiger partial charge is 0.119 e. The molecular weight excluding hydrogens is 222 g/mol. The lowest BCUT2D eigenvalue weighted by atomic mass is 10.1. The first-order chi connectivity index (χ1) is 8.72. The van der Waals surface area contributed by atoms with Crippen LogP contribution in [-0.2, 0) is 6.54 Å². The fraction of sp³-hybridized carbons (Fsp3) is 0.500. The molecule has 0 bridgehead atoms. The summed E-state index contributed by atoms with van der Waals surface area (Å²) in [4.78, 5) is 0. The van der Waals surface area contributed by atoms with Gasteiger partial charge in [-0.3, -0.25) is 0 Å². The molecule has 0 aromatic heterocycles. The lowest BCUT2D eigenvalue weighted by molar-refractivity contribution is 0.289. The summed E-state index contributed by atoms with van der Waals surface area (Å²) in [5, 5.41) is 3.37. The van der Waals surface area contributed by atoms with Gasteiger partial charge in [0.25, 0.3) is 0 Å². The number of hydrogen-bond acceptors (Lipinski definition) is 2. The van der Waals surface area contributed by atoms with E-state index in [0.29, 0.717) is 5.92 Å². The molecule has 100 valence electrons. The SMILES string of the molecule is C=CCCNCc1ccc(OCCC(C)C)cc1. The molecule has 0 heterocycles. The van der Waals surface area contributed by atoms with Gasteiger partial charge in [0, 0.05) is 6.54 Å². The summed E-state index contributed by atoms with van der Waals surface area (Å²) in [5.74, 6) is 1.66. The Morgan fingerprint density at radius 2 is 2.00 bits per heavy atom. The molecule has 0 saturated heterocycles. The summed E-state index contributed by atoms with van der Waals surface area (Å²) in [6.07, 6.45) is 4.04. The van der Waals surface area contributed by atoms with Crippen LogP contribution in [0.3, 0.4) is 0 Å². The van der Waals surface area contributed by atoms with Gasteiger partial charge in [-0.1, -0.05) is 32.1 Å². The van der Waals surface area contributed by atoms with Gasteiger partial charge in [0.15, 0.2) is 0 Å². The molecule has 1 aromatic carbocycles. The first kappa shape index (κ1) is 14.8. The minimum Gasteiger partial charge on any atom is -0.494 e. The molecule has 1 N–H and O–H groups in total. The maximum absolute atomic E-state index is 5.68. The van der Waals surface area contributed by atoms with E-state index in [9.17, 15) is 0 Å². The van der Waals surface area contributed by atoms with Crippen molar-refractivity contribution < 1.29 is 4.74 Å². The molecule has 0 spiro atoms. The molecule has 2 nitrogen and oxygen atoms in total. The minimum atomic E-state index is 0.693. The van der Waals surface area contributed by atoms with Crippen LogP contribution in [0.5, 0.6) is 5.75 Å². The van der Waals surface area contributed by atoms with Crippen molar-refractivity contribution in [3.63, 3.8) is 0 Å². The van der Waals surface area contributed by atoms with Crippen molar-refractivity contribution in [2.45, 2.75) is 33.2 Å². The van der Waals surface area contributed by atoms with E-state index in [-0.39, 0.29) is 0 Å². The third-order valence-corrected chi connectivity index (χ3v) is 2.74. The summed E-state index contributed by atoms with van der Waals surface area (Å²) < 4.78 is 5.68. The third kappa shape index (κ3) is 6.45. The molecule has 0 aliphatic carbocycles. The number of benzene rings is 1. The second kappa shape index (κ2) is 8.76. The topological polar surface area (TPSA) is 21.3 Å². The van der Waals surface area contributed by atoms with Crippen molar-refractivity contribution in [2.24, 2.45) is 5.92 Å². The predicted molar refractivity (Wildman–Crippen MR) is 77.9 cm³/mol. The largest absolute Gasteiger partial charge is 0.494 e. The van der Waals surface area contributed by atoms with E-state index < -0.39 is 0 Å². The van der Waals surface area contributed by atoms with Gasteiger partial charge in [0.05, 0.1) is 6.61 Å². The fourth-order valence-corrected chi connectivity index (χ4v) is 1.55. The average Bonchev–Trinajstić information content (AvgIpc) is 2.36. The van der Waals surface area contributed by atoms with Crippen molar-refractivity contribution >= 4 is 0 Å². The van der Waals surface area contributed by atoms with E-state index in [1.807, 2.05) is 18.2 Å². The monoisotopic (exact) mass is 247 g/mol. The fourth-order valence-electron chi connectivity index (χ4n) is 1.55. The molecule has 0 amide bonds. The Kier molecular flexibility index (Phi) is 7.19. The van der Waals surface area contributed by atoms with Crippen LogP contribution in [-0.4, -0.2) is 13.2 Å². The summed E-state index contributed by atoms with van der Waals surface area (Å²) >= 11 is 0. The van der Waals surface area contributed by atoms with E-state index in [4.69, 9.17) is 4.74 Å². The summed E-state index contributed by atoms with van der Waals surface area (Å²) in [5.41, 5.74) is 1.29. The van der Waals surface area contributed by atoms with Crippen LogP contribution >= 0.6 is 0 Å². The molecule has 0 saturated carbocycles. The summed E-state index contributed by atoms with van der Waals surface area (Å²) in [7, 11) is 0. The number of rotatable bonds is 9. The van der Waals surface area contributed by atoms with Crippen molar-refractivity contribution in [1.29, 1.82) is 0 Å². The second-order valence-electron chi connectivity index (χ2n) is 4.93. The van der Waals surface area contributed by atoms with Crippen LogP contribution in [0, 0.1) is 5.92 Å². The zero-order valence-corrected chi connectivity index (χ0v) is 11.6. The van der Waals surface area contributed by atoms with Gasteiger partial charge >= 0.3 is 0 Å². The van der Waals surface area contributed by atoms with Crippen LogP contribution in [0.15, 0.2) is 36.9 Å². The van der Waals surface area contributed by atoms with E-state index in [0.717, 1.165) is 38.3 Å². The Balaban J connectivity index is 2.26. The van der Waals surface area contributed by atoms with Crippen LogP contribution in [0.2, 0.25) is 0 Å². The Morgan fingerprint density at radius 1 is 1.28 bits per heavy atom. The highest BCUT2D eigenvalue weighted by Crippen LogP contribution is 2.13. The molecule has 1 rings (SSSR count). The molecule has 1 aromatic rings. The van der Waals surface area contributed by atoms with E-state index in [1.54, 1.807) is 0 Å². The average molecular weight is 247 g/mol. The summed E-state index contributed by atoms with van der Waals surface area (Å²) in [6, 6.07) is 8.33. The highest BCUT2D eigenvalue weighted by atomic mass is 16.5. The maximum Gasteiger partial charge on any atom is 0.119 e. The van der Waals surface area contributed by atoms with Crippen LogP contribution in [0.1, 0.15) is 32.3 Å². The number of nitrogens with one attached hydrogen (secondary N) is 1. The summed E-state index contributed by atoms with van der Waals surface area (Å²) in [6.45, 7) is 10.8.